The summed E-state index contributed by atoms with van der Waals surface area (Å²) in [6.07, 6.45) is 0. The third kappa shape index (κ3) is 5.16. The van der Waals surface area contributed by atoms with Crippen LogP contribution in [0.1, 0.15) is 16.4 Å². The molecule has 3 aromatic carbocycles. The molecule has 10 nitrogen and oxygen atoms in total. The number of imide groups is 1. The molecule has 4 aromatic rings. The molecule has 0 bridgehead atoms. The average molecular weight is 655 g/mol. The van der Waals surface area contributed by atoms with Crippen molar-refractivity contribution in [3.8, 4) is 5.75 Å². The number of benzene rings is 3. The van der Waals surface area contributed by atoms with Crippen molar-refractivity contribution in [2.45, 2.75) is 16.2 Å². The van der Waals surface area contributed by atoms with Crippen LogP contribution >= 0.6 is 39.0 Å². The van der Waals surface area contributed by atoms with E-state index in [-0.39, 0.29) is 11.5 Å². The average Bonchev–Trinajstić information content (AvgIpc) is 3.42. The van der Waals surface area contributed by atoms with Crippen molar-refractivity contribution in [3.05, 3.63) is 85.2 Å². The third-order valence-electron chi connectivity index (χ3n) is 6.91. The van der Waals surface area contributed by atoms with E-state index in [2.05, 4.69) is 26.2 Å². The second kappa shape index (κ2) is 10.8. The van der Waals surface area contributed by atoms with Crippen LogP contribution < -0.4 is 14.9 Å². The lowest BCUT2D eigenvalue weighted by Crippen LogP contribution is -2.36. The van der Waals surface area contributed by atoms with Crippen LogP contribution in [0.4, 0.5) is 5.69 Å². The topological polar surface area (TPSA) is 146 Å². The number of H-pyrrole nitrogens is 1. The number of aliphatic carboxylic acids is 1. The van der Waals surface area contributed by atoms with Gasteiger partial charge in [0.05, 0.1) is 10.9 Å². The number of thiazole rings is 1. The highest BCUT2D eigenvalue weighted by atomic mass is 79.9. The number of halogens is 1. The van der Waals surface area contributed by atoms with Gasteiger partial charge >= 0.3 is 10.8 Å². The van der Waals surface area contributed by atoms with Gasteiger partial charge in [0.2, 0.25) is 11.8 Å². The van der Waals surface area contributed by atoms with E-state index < -0.39 is 47.3 Å². The Labute approximate surface area is 248 Å². The van der Waals surface area contributed by atoms with Crippen molar-refractivity contribution >= 4 is 79.2 Å². The predicted molar refractivity (Wildman–Crippen MR) is 156 cm³/mol. The Morgan fingerprint density at radius 1 is 1.02 bits per heavy atom. The zero-order chi connectivity index (χ0) is 28.8. The van der Waals surface area contributed by atoms with E-state index >= 15 is 0 Å². The highest BCUT2D eigenvalue weighted by Gasteiger charge is 2.56. The molecule has 3 atom stereocenters. The fourth-order valence-corrected chi connectivity index (χ4v) is 8.11. The Morgan fingerprint density at radius 3 is 2.59 bits per heavy atom. The summed E-state index contributed by atoms with van der Waals surface area (Å²) in [4.78, 5) is 66.9. The van der Waals surface area contributed by atoms with Gasteiger partial charge in [-0.05, 0) is 41.1 Å². The lowest BCUT2D eigenvalue weighted by molar-refractivity contribution is -0.149. The first-order valence-corrected chi connectivity index (χ1v) is 14.9. The number of aromatic amines is 1. The number of thioether (sulfide) groups is 1. The number of rotatable bonds is 7. The summed E-state index contributed by atoms with van der Waals surface area (Å²) < 4.78 is 6.62. The number of anilines is 1. The molecule has 13 heteroatoms. The molecule has 1 aromatic heterocycles. The van der Waals surface area contributed by atoms with Gasteiger partial charge in [-0.1, -0.05) is 69.4 Å². The lowest BCUT2D eigenvalue weighted by Gasteiger charge is -2.31. The van der Waals surface area contributed by atoms with Gasteiger partial charge in [-0.15, -0.1) is 0 Å². The summed E-state index contributed by atoms with van der Waals surface area (Å²) in [7, 11) is 0. The molecule has 0 radical (unpaired) electrons. The molecule has 3 amide bonds. The lowest BCUT2D eigenvalue weighted by atomic mass is 9.82. The maximum absolute atomic E-state index is 13.5. The number of aromatic nitrogens is 1. The van der Waals surface area contributed by atoms with E-state index in [0.717, 1.165) is 38.8 Å². The highest BCUT2D eigenvalue weighted by molar-refractivity contribution is 9.10. The van der Waals surface area contributed by atoms with Crippen molar-refractivity contribution in [1.29, 1.82) is 0 Å². The molecule has 3 heterocycles. The second-order valence-electron chi connectivity index (χ2n) is 9.49. The fourth-order valence-electron chi connectivity index (χ4n) is 5.20. The number of carbonyl (C=O) groups excluding carboxylic acids is 3. The van der Waals surface area contributed by atoms with E-state index in [1.807, 2.05) is 36.4 Å². The van der Waals surface area contributed by atoms with Crippen molar-refractivity contribution in [1.82, 2.24) is 9.88 Å². The summed E-state index contributed by atoms with van der Waals surface area (Å²) in [5, 5.41) is 13.7. The molecule has 1 saturated heterocycles. The van der Waals surface area contributed by atoms with Crippen molar-refractivity contribution in [3.63, 3.8) is 0 Å². The van der Waals surface area contributed by atoms with Gasteiger partial charge in [-0.2, -0.15) is 0 Å². The Morgan fingerprint density at radius 2 is 1.80 bits per heavy atom. The Balaban J connectivity index is 1.31. The van der Waals surface area contributed by atoms with Gasteiger partial charge in [0, 0.05) is 26.5 Å². The zero-order valence-corrected chi connectivity index (χ0v) is 24.2. The molecule has 41 heavy (non-hydrogen) atoms. The first-order valence-electron chi connectivity index (χ1n) is 12.4. The van der Waals surface area contributed by atoms with Crippen LogP contribution in [0.3, 0.4) is 0 Å². The second-order valence-corrected chi connectivity index (χ2v) is 12.6. The van der Waals surface area contributed by atoms with E-state index in [1.165, 1.54) is 0 Å². The number of nitrogens with one attached hydrogen (secondary N) is 2. The zero-order valence-electron chi connectivity index (χ0n) is 21.0. The molecule has 0 spiro atoms. The Bertz CT molecular complexity index is 1800. The maximum atomic E-state index is 13.5. The smallest absolute Gasteiger partial charge is 0.323 e. The molecule has 2 aliphatic rings. The number of hydrogen-bond donors (Lipinski definition) is 3. The molecule has 0 aliphatic carbocycles. The van der Waals surface area contributed by atoms with E-state index in [9.17, 15) is 29.1 Å². The number of carboxylic acid groups (broad SMARTS) is 1. The number of fused-ring (bicyclic) bond motifs is 3. The minimum Gasteiger partial charge on any atom is -0.483 e. The van der Waals surface area contributed by atoms with E-state index in [1.54, 1.807) is 24.3 Å². The molecule has 208 valence electrons. The van der Waals surface area contributed by atoms with Gasteiger partial charge in [0.15, 0.2) is 6.61 Å². The molecular formula is C28H20BrN3O7S2. The van der Waals surface area contributed by atoms with E-state index in [0.29, 0.717) is 31.4 Å². The van der Waals surface area contributed by atoms with Gasteiger partial charge in [0.1, 0.15) is 17.5 Å². The molecule has 2 unspecified atom stereocenters. The molecule has 1 fully saturated rings. The van der Waals surface area contributed by atoms with Crippen LogP contribution in [-0.2, 0) is 19.2 Å². The summed E-state index contributed by atoms with van der Waals surface area (Å²) in [5.41, 5.74) is 1.10. The summed E-state index contributed by atoms with van der Waals surface area (Å²) >= 11 is 5.42. The van der Waals surface area contributed by atoms with Crippen LogP contribution in [-0.4, -0.2) is 57.1 Å². The normalized spacial score (nSPS) is 19.6. The number of carboxylic acids is 1. The Hall–Kier alpha value is -3.94. The molecule has 3 N–H and O–H groups in total. The molecule has 0 saturated carbocycles. The minimum absolute atomic E-state index is 0.293. The quantitative estimate of drug-likeness (QED) is 0.253. The highest BCUT2D eigenvalue weighted by Crippen LogP contribution is 2.54. The standard InChI is InChI=1S/C28H20BrN3O7S2/c29-15-6-8-18(39-12-19(33)30-16-7-5-13-3-1-2-4-14(13)9-16)17(10-15)21-22-24(40-25-23(21)41-28(38)31-25)27(37)32(26(22)36)11-20(34)35/h1-10,21-22,24H,11-12H2,(H,30,33)(H,31,38)(H,34,35)/t21-,22?,24?/m1/s1. The number of carbonyl (C=O) groups is 4. The molecular weight excluding hydrogens is 634 g/mol. The number of amides is 3. The van der Waals surface area contributed by atoms with Crippen LogP contribution in [0.25, 0.3) is 10.8 Å². The molecule has 2 aliphatic heterocycles. The SMILES string of the molecule is O=C(O)CN1C(=O)C2Sc3[nH]c(=O)sc3[C@H](c3cc(Br)ccc3OCC(=O)Nc3ccc4ccccc4c3)C2C1=O. The number of nitrogens with zero attached hydrogens (tertiary/aromatic N) is 1. The van der Waals surface area contributed by atoms with Crippen molar-refractivity contribution < 1.29 is 29.0 Å². The van der Waals surface area contributed by atoms with Crippen molar-refractivity contribution in [2.75, 3.05) is 18.5 Å². The first-order chi connectivity index (χ1) is 19.7. The fraction of sp³-hybridized carbons (Fsp3) is 0.179. The number of ether oxygens (including phenoxy) is 1. The van der Waals surface area contributed by atoms with Crippen LogP contribution in [0.5, 0.6) is 5.75 Å². The molecule has 6 rings (SSSR count). The van der Waals surface area contributed by atoms with Crippen LogP contribution in [0.15, 0.2) is 75.0 Å². The van der Waals surface area contributed by atoms with Gasteiger partial charge in [-0.3, -0.25) is 28.9 Å². The van der Waals surface area contributed by atoms with Gasteiger partial charge in [-0.25, -0.2) is 0 Å². The maximum Gasteiger partial charge on any atom is 0.323 e. The summed E-state index contributed by atoms with van der Waals surface area (Å²) in [6.45, 7) is -1.09. The summed E-state index contributed by atoms with van der Waals surface area (Å²) in [6, 6.07) is 18.4. The van der Waals surface area contributed by atoms with Crippen LogP contribution in [0.2, 0.25) is 0 Å². The third-order valence-corrected chi connectivity index (χ3v) is 9.80. The predicted octanol–water partition coefficient (Wildman–Crippen LogP) is 4.05. The minimum atomic E-state index is -1.31. The van der Waals surface area contributed by atoms with Crippen LogP contribution in [0, 0.1) is 5.92 Å². The first kappa shape index (κ1) is 27.2. The van der Waals surface area contributed by atoms with Crippen molar-refractivity contribution in [2.24, 2.45) is 5.92 Å². The number of hydrogen-bond acceptors (Lipinski definition) is 8. The monoisotopic (exact) mass is 653 g/mol. The largest absolute Gasteiger partial charge is 0.483 e. The van der Waals surface area contributed by atoms with Gasteiger partial charge in [0.25, 0.3) is 5.91 Å². The summed E-state index contributed by atoms with van der Waals surface area (Å²) in [5.74, 6) is -4.42. The number of likely N-dealkylation sites (tertiary alicyclic amines) is 1. The van der Waals surface area contributed by atoms with E-state index in [4.69, 9.17) is 4.74 Å². The van der Waals surface area contributed by atoms with Gasteiger partial charge < -0.3 is 20.1 Å². The Kier molecular flexibility index (Phi) is 7.18.